The molecule has 0 saturated carbocycles. The van der Waals surface area contributed by atoms with Crippen molar-refractivity contribution in [3.8, 4) is 0 Å². The number of rotatable bonds is 1. The molecular weight excluding hydrogens is 237 g/mol. The third-order valence-corrected chi connectivity index (χ3v) is 4.45. The first-order valence-corrected chi connectivity index (χ1v) is 6.68. The lowest BCUT2D eigenvalue weighted by molar-refractivity contribution is -0.125. The van der Waals surface area contributed by atoms with E-state index in [1.165, 1.54) is 12.1 Å². The van der Waals surface area contributed by atoms with Gasteiger partial charge in [0.1, 0.15) is 5.82 Å². The Kier molecular flexibility index (Phi) is 3.17. The average molecular weight is 253 g/mol. The molecule has 1 heterocycles. The lowest BCUT2D eigenvalue weighted by Crippen LogP contribution is -2.41. The Morgan fingerprint density at radius 1 is 1.47 bits per heavy atom. The van der Waals surface area contributed by atoms with Crippen LogP contribution in [-0.2, 0) is 4.79 Å². The zero-order valence-corrected chi connectivity index (χ0v) is 11.1. The zero-order chi connectivity index (χ0) is 12.6. The van der Waals surface area contributed by atoms with E-state index < -0.39 is 5.41 Å². The van der Waals surface area contributed by atoms with Crippen LogP contribution in [-0.4, -0.2) is 18.2 Å². The zero-order valence-electron chi connectivity index (χ0n) is 10.3. The fourth-order valence-corrected chi connectivity index (χ4v) is 3.10. The monoisotopic (exact) mass is 253 g/mol. The maximum Gasteiger partial charge on any atom is 0.233 e. The number of anilines is 1. The number of fused-ring (bicyclic) bond motifs is 1. The summed E-state index contributed by atoms with van der Waals surface area (Å²) in [5.74, 6) is 0.538. The molecule has 0 unspecified atom stereocenters. The van der Waals surface area contributed by atoms with Gasteiger partial charge in [0, 0.05) is 17.2 Å². The van der Waals surface area contributed by atoms with E-state index in [0.29, 0.717) is 12.3 Å². The Labute approximate surface area is 105 Å². The first-order valence-electron chi connectivity index (χ1n) is 5.70. The number of carbonyl (C=O) groups is 1. The van der Waals surface area contributed by atoms with E-state index in [4.69, 9.17) is 0 Å². The lowest BCUT2D eigenvalue weighted by Gasteiger charge is -2.28. The highest BCUT2D eigenvalue weighted by Crippen LogP contribution is 2.40. The molecule has 92 valence electrons. The van der Waals surface area contributed by atoms with Crippen molar-refractivity contribution in [2.45, 2.75) is 25.7 Å². The van der Waals surface area contributed by atoms with Gasteiger partial charge in [-0.1, -0.05) is 13.8 Å². The third kappa shape index (κ3) is 2.18. The van der Waals surface area contributed by atoms with Crippen molar-refractivity contribution >= 4 is 23.4 Å². The highest BCUT2D eigenvalue weighted by molar-refractivity contribution is 7.99. The van der Waals surface area contributed by atoms with E-state index in [2.05, 4.69) is 0 Å². The summed E-state index contributed by atoms with van der Waals surface area (Å²) in [4.78, 5) is 15.0. The van der Waals surface area contributed by atoms with Gasteiger partial charge in [-0.25, -0.2) is 4.39 Å². The summed E-state index contributed by atoms with van der Waals surface area (Å²) < 4.78 is 13.2. The second-order valence-electron chi connectivity index (χ2n) is 4.83. The maximum atomic E-state index is 13.2. The van der Waals surface area contributed by atoms with Crippen LogP contribution in [0, 0.1) is 11.2 Å². The summed E-state index contributed by atoms with van der Waals surface area (Å²) in [5.41, 5.74) is 0.422. The normalized spacial score (nSPS) is 18.8. The minimum atomic E-state index is -0.407. The number of nitrogens with zero attached hydrogens (tertiary/aromatic N) is 1. The van der Waals surface area contributed by atoms with Gasteiger partial charge < -0.3 is 4.90 Å². The van der Waals surface area contributed by atoms with Gasteiger partial charge in [0.15, 0.2) is 0 Å². The van der Waals surface area contributed by atoms with Crippen LogP contribution in [0.1, 0.15) is 20.8 Å². The molecule has 1 aliphatic rings. The van der Waals surface area contributed by atoms with Crippen molar-refractivity contribution in [1.82, 2.24) is 0 Å². The molecule has 0 aliphatic carbocycles. The van der Waals surface area contributed by atoms with Gasteiger partial charge in [0.05, 0.1) is 11.1 Å². The van der Waals surface area contributed by atoms with Gasteiger partial charge in [-0.15, -0.1) is 11.8 Å². The molecule has 0 N–H and O–H groups in total. The van der Waals surface area contributed by atoms with Crippen molar-refractivity contribution in [3.63, 3.8) is 0 Å². The molecule has 0 fully saturated rings. The highest BCUT2D eigenvalue weighted by Gasteiger charge is 2.36. The van der Waals surface area contributed by atoms with Gasteiger partial charge in [-0.2, -0.15) is 0 Å². The lowest BCUT2D eigenvalue weighted by atomic mass is 9.94. The quantitative estimate of drug-likeness (QED) is 0.765. The van der Waals surface area contributed by atoms with Crippen LogP contribution in [0.5, 0.6) is 0 Å². The minimum Gasteiger partial charge on any atom is -0.311 e. The molecule has 2 rings (SSSR count). The Balaban J connectivity index is 2.52. The molecule has 1 aromatic rings. The number of carbonyl (C=O) groups excluding carboxylic acids is 1. The number of hydrogen-bond acceptors (Lipinski definition) is 2. The predicted molar refractivity (Wildman–Crippen MR) is 68.9 cm³/mol. The van der Waals surface area contributed by atoms with Crippen LogP contribution >= 0.6 is 11.8 Å². The molecule has 0 bridgehead atoms. The van der Waals surface area contributed by atoms with Gasteiger partial charge in [0.2, 0.25) is 5.91 Å². The minimum absolute atomic E-state index is 0.109. The second-order valence-corrected chi connectivity index (χ2v) is 5.85. The summed E-state index contributed by atoms with van der Waals surface area (Å²) >= 11 is 1.55. The molecule has 1 amide bonds. The molecule has 0 spiro atoms. The number of hydrogen-bond donors (Lipinski definition) is 0. The summed E-state index contributed by atoms with van der Waals surface area (Å²) in [6, 6.07) is 4.62. The molecule has 1 aromatic carbocycles. The van der Waals surface area contributed by atoms with Gasteiger partial charge in [0.25, 0.3) is 0 Å². The molecule has 2 nitrogen and oxygen atoms in total. The second kappa shape index (κ2) is 4.33. The fourth-order valence-electron chi connectivity index (χ4n) is 1.94. The summed E-state index contributed by atoms with van der Waals surface area (Å²) in [7, 11) is 0. The van der Waals surface area contributed by atoms with E-state index in [9.17, 15) is 9.18 Å². The number of amides is 1. The fraction of sp³-hybridized carbons (Fsp3) is 0.462. The van der Waals surface area contributed by atoms with Gasteiger partial charge in [-0.3, -0.25) is 4.79 Å². The van der Waals surface area contributed by atoms with E-state index in [-0.39, 0.29) is 11.7 Å². The van der Waals surface area contributed by atoms with E-state index in [0.717, 1.165) is 10.6 Å². The standard InChI is InChI=1S/C13H16FNOS/c1-4-15-10-6-5-9(14)7-11(10)17-8-13(2,3)12(15)16/h5-7H,4,8H2,1-3H3. The third-order valence-electron chi connectivity index (χ3n) is 2.94. The Hall–Kier alpha value is -1.03. The number of benzene rings is 1. The molecule has 1 aliphatic heterocycles. The van der Waals surface area contributed by atoms with Crippen molar-refractivity contribution in [3.05, 3.63) is 24.0 Å². The van der Waals surface area contributed by atoms with Crippen molar-refractivity contribution in [2.75, 3.05) is 17.2 Å². The van der Waals surface area contributed by atoms with Crippen molar-refractivity contribution < 1.29 is 9.18 Å². The smallest absolute Gasteiger partial charge is 0.233 e. The van der Waals surface area contributed by atoms with E-state index >= 15 is 0 Å². The molecule has 4 heteroatoms. The molecule has 0 aromatic heterocycles. The SMILES string of the molecule is CCN1C(=O)C(C)(C)CSc2cc(F)ccc21. The molecular formula is C13H16FNOS. The summed E-state index contributed by atoms with van der Waals surface area (Å²) in [5, 5.41) is 0. The molecule has 0 atom stereocenters. The number of thioether (sulfide) groups is 1. The maximum absolute atomic E-state index is 13.2. The molecule has 0 radical (unpaired) electrons. The van der Waals surface area contributed by atoms with Crippen LogP contribution in [0.2, 0.25) is 0 Å². The predicted octanol–water partition coefficient (Wildman–Crippen LogP) is 3.31. The first kappa shape index (κ1) is 12.4. The Bertz CT molecular complexity index is 459. The van der Waals surface area contributed by atoms with Gasteiger partial charge in [-0.05, 0) is 25.1 Å². The number of halogens is 1. The van der Waals surface area contributed by atoms with Crippen LogP contribution in [0.15, 0.2) is 23.1 Å². The van der Waals surface area contributed by atoms with Crippen LogP contribution < -0.4 is 4.90 Å². The topological polar surface area (TPSA) is 20.3 Å². The summed E-state index contributed by atoms with van der Waals surface area (Å²) in [6.45, 7) is 6.43. The highest BCUT2D eigenvalue weighted by atomic mass is 32.2. The summed E-state index contributed by atoms with van der Waals surface area (Å²) in [6.07, 6.45) is 0. The molecule has 17 heavy (non-hydrogen) atoms. The van der Waals surface area contributed by atoms with Crippen molar-refractivity contribution in [2.24, 2.45) is 5.41 Å². The van der Waals surface area contributed by atoms with Crippen LogP contribution in [0.3, 0.4) is 0 Å². The van der Waals surface area contributed by atoms with E-state index in [1.54, 1.807) is 22.7 Å². The van der Waals surface area contributed by atoms with Crippen LogP contribution in [0.25, 0.3) is 0 Å². The van der Waals surface area contributed by atoms with Crippen molar-refractivity contribution in [1.29, 1.82) is 0 Å². The Morgan fingerprint density at radius 2 is 2.18 bits per heavy atom. The van der Waals surface area contributed by atoms with E-state index in [1.807, 2.05) is 20.8 Å². The average Bonchev–Trinajstić information content (AvgIpc) is 2.37. The first-order chi connectivity index (χ1) is 7.95. The largest absolute Gasteiger partial charge is 0.311 e. The molecule has 0 saturated heterocycles. The van der Waals surface area contributed by atoms with Gasteiger partial charge >= 0.3 is 0 Å². The van der Waals surface area contributed by atoms with Crippen LogP contribution in [0.4, 0.5) is 10.1 Å². The Morgan fingerprint density at radius 3 is 2.82 bits per heavy atom.